The summed E-state index contributed by atoms with van der Waals surface area (Å²) in [6.45, 7) is 7.82. The van der Waals surface area contributed by atoms with Gasteiger partial charge in [-0.05, 0) is 62.0 Å². The van der Waals surface area contributed by atoms with Crippen LogP contribution in [0.2, 0.25) is 0 Å². The maximum absolute atomic E-state index is 13.5. The molecule has 1 fully saturated rings. The van der Waals surface area contributed by atoms with Gasteiger partial charge in [-0.2, -0.15) is 0 Å². The summed E-state index contributed by atoms with van der Waals surface area (Å²) < 4.78 is 27.8. The number of likely N-dealkylation sites (tertiary alicyclic amines) is 1. The first-order valence-corrected chi connectivity index (χ1v) is 13.1. The molecule has 2 heterocycles. The van der Waals surface area contributed by atoms with Crippen LogP contribution in [0.25, 0.3) is 5.76 Å². The zero-order valence-electron chi connectivity index (χ0n) is 23.1. The summed E-state index contributed by atoms with van der Waals surface area (Å²) in [6, 6.07) is 7.47. The first-order valence-electron chi connectivity index (χ1n) is 13.1. The highest BCUT2D eigenvalue weighted by Crippen LogP contribution is 2.46. The third-order valence-electron chi connectivity index (χ3n) is 7.13. The van der Waals surface area contributed by atoms with Crippen LogP contribution < -0.4 is 23.7 Å². The van der Waals surface area contributed by atoms with Gasteiger partial charge in [-0.25, -0.2) is 0 Å². The van der Waals surface area contributed by atoms with Crippen molar-refractivity contribution in [1.82, 2.24) is 9.80 Å². The molecule has 1 N–H and O–H groups in total. The van der Waals surface area contributed by atoms with Crippen molar-refractivity contribution in [3.8, 4) is 28.7 Å². The lowest BCUT2D eigenvalue weighted by molar-refractivity contribution is -0.140. The monoisotopic (exact) mass is 540 g/mol. The summed E-state index contributed by atoms with van der Waals surface area (Å²) >= 11 is 0. The van der Waals surface area contributed by atoms with Gasteiger partial charge in [0.25, 0.3) is 11.7 Å². The summed E-state index contributed by atoms with van der Waals surface area (Å²) in [5.41, 5.74) is 0.872. The second kappa shape index (κ2) is 12.3. The third kappa shape index (κ3) is 5.47. The molecule has 2 aromatic rings. The molecule has 10 nitrogen and oxygen atoms in total. The minimum absolute atomic E-state index is 0.0196. The summed E-state index contributed by atoms with van der Waals surface area (Å²) in [6.07, 6.45) is 0.652. The summed E-state index contributed by atoms with van der Waals surface area (Å²) in [5, 5.41) is 11.5. The molecule has 2 aliphatic rings. The van der Waals surface area contributed by atoms with Crippen molar-refractivity contribution in [2.75, 3.05) is 60.7 Å². The van der Waals surface area contributed by atoms with E-state index in [1.165, 1.54) is 26.2 Å². The first-order chi connectivity index (χ1) is 18.9. The molecule has 1 atom stereocenters. The van der Waals surface area contributed by atoms with Crippen molar-refractivity contribution in [3.05, 3.63) is 47.0 Å². The number of hydrogen-bond acceptors (Lipinski definition) is 9. The molecule has 1 amide bonds. The van der Waals surface area contributed by atoms with Crippen LogP contribution in [0.5, 0.6) is 28.7 Å². The number of nitrogens with zero attached hydrogens (tertiary/aromatic N) is 2. The lowest BCUT2D eigenvalue weighted by Crippen LogP contribution is -2.33. The topological polar surface area (TPSA) is 107 Å². The molecule has 0 bridgehead atoms. The van der Waals surface area contributed by atoms with Crippen LogP contribution in [0.3, 0.4) is 0 Å². The van der Waals surface area contributed by atoms with Gasteiger partial charge in [-0.1, -0.05) is 13.8 Å². The van der Waals surface area contributed by atoms with Crippen molar-refractivity contribution in [3.63, 3.8) is 0 Å². The number of rotatable bonds is 11. The molecule has 2 aromatic carbocycles. The predicted molar refractivity (Wildman–Crippen MR) is 145 cm³/mol. The molecule has 1 saturated heterocycles. The van der Waals surface area contributed by atoms with Crippen LogP contribution in [0.1, 0.15) is 37.4 Å². The maximum Gasteiger partial charge on any atom is 0.295 e. The number of ether oxygens (including phenoxy) is 5. The fourth-order valence-electron chi connectivity index (χ4n) is 5.07. The van der Waals surface area contributed by atoms with Crippen molar-refractivity contribution < 1.29 is 38.4 Å². The van der Waals surface area contributed by atoms with E-state index in [-0.39, 0.29) is 11.3 Å². The van der Waals surface area contributed by atoms with Gasteiger partial charge in [0.15, 0.2) is 23.0 Å². The Labute approximate surface area is 228 Å². The van der Waals surface area contributed by atoms with Gasteiger partial charge in [0.2, 0.25) is 5.75 Å². The fraction of sp³-hybridized carbons (Fsp3) is 0.448. The van der Waals surface area contributed by atoms with E-state index >= 15 is 0 Å². The molecular weight excluding hydrogens is 504 g/mol. The Hall–Kier alpha value is -3.92. The molecule has 210 valence electrons. The molecule has 0 saturated carbocycles. The number of Topliss-reactive ketones (excluding diaryl/α,β-unsaturated/α-hetero) is 1. The van der Waals surface area contributed by atoms with Crippen LogP contribution in [-0.2, 0) is 9.59 Å². The Morgan fingerprint density at radius 1 is 0.974 bits per heavy atom. The van der Waals surface area contributed by atoms with Crippen molar-refractivity contribution in [1.29, 1.82) is 0 Å². The van der Waals surface area contributed by atoms with E-state index in [4.69, 9.17) is 23.7 Å². The van der Waals surface area contributed by atoms with E-state index in [0.29, 0.717) is 66.1 Å². The number of carbonyl (C=O) groups excluding carboxylic acids is 2. The minimum atomic E-state index is -0.872. The number of methoxy groups -OCH3 is 3. The van der Waals surface area contributed by atoms with Crippen LogP contribution >= 0.6 is 0 Å². The van der Waals surface area contributed by atoms with E-state index < -0.39 is 17.7 Å². The molecule has 4 rings (SSSR count). The normalized spacial score (nSPS) is 18.0. The predicted octanol–water partition coefficient (Wildman–Crippen LogP) is 3.64. The molecule has 0 spiro atoms. The average molecular weight is 541 g/mol. The molecule has 10 heteroatoms. The Kier molecular flexibility index (Phi) is 8.86. The van der Waals surface area contributed by atoms with Crippen LogP contribution in [0.4, 0.5) is 0 Å². The summed E-state index contributed by atoms with van der Waals surface area (Å²) in [4.78, 5) is 30.6. The van der Waals surface area contributed by atoms with Crippen molar-refractivity contribution in [2.45, 2.75) is 26.3 Å². The second-order valence-corrected chi connectivity index (χ2v) is 9.19. The largest absolute Gasteiger partial charge is 0.507 e. The smallest absolute Gasteiger partial charge is 0.295 e. The Bertz CT molecular complexity index is 1230. The van der Waals surface area contributed by atoms with Crippen molar-refractivity contribution in [2.24, 2.45) is 0 Å². The number of ketones is 1. The van der Waals surface area contributed by atoms with Gasteiger partial charge < -0.3 is 38.6 Å². The van der Waals surface area contributed by atoms with Gasteiger partial charge in [0.05, 0.1) is 32.9 Å². The zero-order chi connectivity index (χ0) is 28.1. The van der Waals surface area contributed by atoms with E-state index in [0.717, 1.165) is 19.6 Å². The highest BCUT2D eigenvalue weighted by Gasteiger charge is 2.46. The lowest BCUT2D eigenvalue weighted by Gasteiger charge is -2.27. The number of amides is 1. The number of aliphatic hydroxyl groups excluding tert-OH is 1. The van der Waals surface area contributed by atoms with Gasteiger partial charge in [0.1, 0.15) is 19.0 Å². The zero-order valence-corrected chi connectivity index (χ0v) is 23.1. The van der Waals surface area contributed by atoms with Crippen LogP contribution in [0.15, 0.2) is 35.9 Å². The molecular formula is C29H36N2O8. The quantitative estimate of drug-likeness (QED) is 0.260. The molecule has 39 heavy (non-hydrogen) atoms. The van der Waals surface area contributed by atoms with E-state index in [9.17, 15) is 14.7 Å². The molecule has 0 aliphatic carbocycles. The molecule has 0 aromatic heterocycles. The van der Waals surface area contributed by atoms with E-state index in [1.807, 2.05) is 0 Å². The van der Waals surface area contributed by atoms with Crippen LogP contribution in [-0.4, -0.2) is 87.3 Å². The third-order valence-corrected chi connectivity index (χ3v) is 7.13. The lowest BCUT2D eigenvalue weighted by atomic mass is 9.94. The van der Waals surface area contributed by atoms with E-state index in [1.54, 1.807) is 30.3 Å². The van der Waals surface area contributed by atoms with Gasteiger partial charge in [-0.3, -0.25) is 9.59 Å². The molecule has 0 radical (unpaired) electrons. The number of aliphatic hydroxyl groups is 1. The Morgan fingerprint density at radius 2 is 1.62 bits per heavy atom. The van der Waals surface area contributed by atoms with Crippen molar-refractivity contribution >= 4 is 17.4 Å². The number of benzene rings is 2. The molecule has 2 aliphatic heterocycles. The Morgan fingerprint density at radius 3 is 2.21 bits per heavy atom. The van der Waals surface area contributed by atoms with Gasteiger partial charge in [-0.15, -0.1) is 0 Å². The number of fused-ring (bicyclic) bond motifs is 1. The SMILES string of the molecule is CCN(CC)CCCN1C(=O)C(=O)/C(=C(\O)c2ccc3c(c2)OCCO3)C1c1cc(OC)c(OC)c(OC)c1. The van der Waals surface area contributed by atoms with Gasteiger partial charge in [0, 0.05) is 12.1 Å². The Balaban J connectivity index is 1.83. The highest BCUT2D eigenvalue weighted by molar-refractivity contribution is 6.46. The van der Waals surface area contributed by atoms with E-state index in [2.05, 4.69) is 18.7 Å². The fourth-order valence-corrected chi connectivity index (χ4v) is 5.07. The number of hydrogen-bond donors (Lipinski definition) is 1. The summed E-state index contributed by atoms with van der Waals surface area (Å²) in [7, 11) is 4.50. The first kappa shape index (κ1) is 28.1. The highest BCUT2D eigenvalue weighted by atomic mass is 16.6. The van der Waals surface area contributed by atoms with Crippen LogP contribution in [0, 0.1) is 0 Å². The summed E-state index contributed by atoms with van der Waals surface area (Å²) in [5.74, 6) is 0.416. The average Bonchev–Trinajstić information content (AvgIpc) is 3.22. The van der Waals surface area contributed by atoms with Gasteiger partial charge >= 0.3 is 0 Å². The number of carbonyl (C=O) groups is 2. The maximum atomic E-state index is 13.5. The minimum Gasteiger partial charge on any atom is -0.507 e. The second-order valence-electron chi connectivity index (χ2n) is 9.19. The standard InChI is InChI=1S/C29H36N2O8/c1-6-30(7-2)11-8-12-31-25(19-16-22(35-3)28(37-5)23(17-19)36-4)24(27(33)29(31)34)26(32)18-9-10-20-21(15-18)39-14-13-38-20/h9-10,15-17,25,32H,6-8,11-14H2,1-5H3/b26-24-. The molecule has 1 unspecified atom stereocenters.